The van der Waals surface area contributed by atoms with Gasteiger partial charge in [0.2, 0.25) is 0 Å². The molecule has 0 saturated heterocycles. The zero-order valence-corrected chi connectivity index (χ0v) is 14.3. The average Bonchev–Trinajstić information content (AvgIpc) is 3.13. The molecule has 134 valence electrons. The largest absolute Gasteiger partial charge is 0.417 e. The van der Waals surface area contributed by atoms with Crippen molar-refractivity contribution in [3.63, 3.8) is 0 Å². The molecule has 2 aromatic rings. The Balaban J connectivity index is 1.61. The zero-order chi connectivity index (χ0) is 18.2. The van der Waals surface area contributed by atoms with Crippen molar-refractivity contribution in [2.24, 2.45) is 12.2 Å². The lowest BCUT2D eigenvalue weighted by atomic mass is 10.1. The Morgan fingerprint density at radius 3 is 2.88 bits per heavy atom. The second-order valence-corrected chi connectivity index (χ2v) is 6.11. The Morgan fingerprint density at radius 1 is 1.52 bits per heavy atom. The summed E-state index contributed by atoms with van der Waals surface area (Å²) in [4.78, 5) is 9.01. The third kappa shape index (κ3) is 3.76. The predicted octanol–water partition coefficient (Wildman–Crippen LogP) is 3.15. The number of nitrogens with zero attached hydrogens (tertiary/aromatic N) is 4. The van der Waals surface area contributed by atoms with E-state index in [9.17, 15) is 13.2 Å². The van der Waals surface area contributed by atoms with Gasteiger partial charge in [0.1, 0.15) is 11.5 Å². The molecule has 0 fully saturated rings. The lowest BCUT2D eigenvalue weighted by Crippen LogP contribution is -2.21. The van der Waals surface area contributed by atoms with Gasteiger partial charge in [-0.25, -0.2) is 4.98 Å². The maximum Gasteiger partial charge on any atom is 0.417 e. The number of aromatic amines is 1. The van der Waals surface area contributed by atoms with Crippen LogP contribution in [0.5, 0.6) is 0 Å². The summed E-state index contributed by atoms with van der Waals surface area (Å²) in [7, 11) is 1.75. The smallest absolute Gasteiger partial charge is 0.390 e. The Labute approximate surface area is 149 Å². The molecule has 1 aliphatic rings. The third-order valence-corrected chi connectivity index (χ3v) is 4.19. The van der Waals surface area contributed by atoms with E-state index in [-0.39, 0.29) is 23.5 Å². The molecular weight excluding hydrogens is 381 g/mol. The van der Waals surface area contributed by atoms with Crippen molar-refractivity contribution in [2.45, 2.75) is 18.7 Å². The van der Waals surface area contributed by atoms with Crippen molar-refractivity contribution in [3.8, 4) is 0 Å². The Hall–Kier alpha value is -2.14. The molecule has 0 bridgehead atoms. The molecule has 7 nitrogen and oxygen atoms in total. The van der Waals surface area contributed by atoms with E-state index >= 15 is 0 Å². The number of alkyl halides is 3. The van der Waals surface area contributed by atoms with Crippen molar-refractivity contribution in [3.05, 3.63) is 33.4 Å². The van der Waals surface area contributed by atoms with E-state index in [0.29, 0.717) is 22.7 Å². The Bertz CT molecular complexity index is 877. The molecule has 0 saturated carbocycles. The number of halogens is 4. The van der Waals surface area contributed by atoms with E-state index < -0.39 is 11.7 Å². The number of rotatable bonds is 4. The second kappa shape index (κ2) is 6.64. The van der Waals surface area contributed by atoms with Crippen LogP contribution >= 0.6 is 23.8 Å². The highest BCUT2D eigenvalue weighted by Crippen LogP contribution is 2.32. The molecule has 0 aliphatic carbocycles. The first-order valence-electron chi connectivity index (χ1n) is 7.07. The highest BCUT2D eigenvalue weighted by atomic mass is 35.5. The summed E-state index contributed by atoms with van der Waals surface area (Å²) < 4.78 is 39.9. The number of pyridine rings is 1. The number of H-pyrrole nitrogens is 1. The number of aromatic nitrogens is 4. The first-order chi connectivity index (χ1) is 11.8. The van der Waals surface area contributed by atoms with Crippen LogP contribution in [-0.4, -0.2) is 38.1 Å². The fourth-order valence-electron chi connectivity index (χ4n) is 2.21. The monoisotopic (exact) mass is 392 g/mol. The normalized spacial score (nSPS) is 17.3. The quantitative estimate of drug-likeness (QED) is 0.781. The van der Waals surface area contributed by atoms with Gasteiger partial charge in [-0.3, -0.25) is 5.10 Å². The third-order valence-electron chi connectivity index (χ3n) is 3.54. The summed E-state index contributed by atoms with van der Waals surface area (Å²) in [5.74, 6) is 0.711. The molecule has 1 aliphatic heterocycles. The molecule has 0 aromatic carbocycles. The Morgan fingerprint density at radius 2 is 2.28 bits per heavy atom. The molecule has 2 N–H and O–H groups in total. The summed E-state index contributed by atoms with van der Waals surface area (Å²) in [6.45, 7) is 0.264. The second-order valence-electron chi connectivity index (χ2n) is 5.31. The van der Waals surface area contributed by atoms with Crippen LogP contribution in [0.25, 0.3) is 0 Å². The maximum absolute atomic E-state index is 12.6. The van der Waals surface area contributed by atoms with E-state index in [1.165, 1.54) is 0 Å². The van der Waals surface area contributed by atoms with Gasteiger partial charge in [0.05, 0.1) is 17.1 Å². The summed E-state index contributed by atoms with van der Waals surface area (Å²) in [6, 6.07) is 0.823. The van der Waals surface area contributed by atoms with Crippen molar-refractivity contribution in [1.82, 2.24) is 19.7 Å². The van der Waals surface area contributed by atoms with Gasteiger partial charge in [-0.15, -0.1) is 0 Å². The first-order valence-corrected chi connectivity index (χ1v) is 7.85. The van der Waals surface area contributed by atoms with E-state index in [2.05, 4.69) is 25.7 Å². The molecule has 0 unspecified atom stereocenters. The summed E-state index contributed by atoms with van der Waals surface area (Å²) in [5.41, 5.74) is -0.287. The minimum atomic E-state index is -4.49. The van der Waals surface area contributed by atoms with Crippen LogP contribution in [0.15, 0.2) is 17.4 Å². The van der Waals surface area contributed by atoms with Crippen molar-refractivity contribution >= 4 is 35.3 Å². The predicted molar refractivity (Wildman–Crippen MR) is 87.2 cm³/mol. The lowest BCUT2D eigenvalue weighted by Gasteiger charge is -2.13. The van der Waals surface area contributed by atoms with E-state index in [4.69, 9.17) is 28.7 Å². The van der Waals surface area contributed by atoms with Crippen molar-refractivity contribution < 1.29 is 18.0 Å². The van der Waals surface area contributed by atoms with Gasteiger partial charge < -0.3 is 14.7 Å². The minimum Gasteiger partial charge on any atom is -0.390 e. The Kier molecular flexibility index (Phi) is 4.69. The number of anilines is 1. The molecule has 12 heteroatoms. The van der Waals surface area contributed by atoms with Gasteiger partial charge in [0.25, 0.3) is 0 Å². The van der Waals surface area contributed by atoms with Crippen LogP contribution < -0.4 is 5.32 Å². The summed E-state index contributed by atoms with van der Waals surface area (Å²) in [6.07, 6.45) is -3.64. The van der Waals surface area contributed by atoms with Crippen LogP contribution in [0, 0.1) is 4.77 Å². The van der Waals surface area contributed by atoms with Gasteiger partial charge in [0, 0.05) is 19.7 Å². The molecule has 2 aromatic heterocycles. The number of hydrogen-bond donors (Lipinski definition) is 2. The van der Waals surface area contributed by atoms with E-state index in [0.717, 1.165) is 12.3 Å². The molecule has 0 amide bonds. The number of oxime groups is 1. The highest BCUT2D eigenvalue weighted by molar-refractivity contribution is 7.71. The molecule has 0 spiro atoms. The van der Waals surface area contributed by atoms with Crippen LogP contribution in [0.3, 0.4) is 0 Å². The summed E-state index contributed by atoms with van der Waals surface area (Å²) in [5, 5.41) is 13.4. The van der Waals surface area contributed by atoms with Crippen LogP contribution in [0.4, 0.5) is 19.0 Å². The van der Waals surface area contributed by atoms with Gasteiger partial charge in [0.15, 0.2) is 16.7 Å². The number of nitrogens with one attached hydrogen (secondary N) is 2. The van der Waals surface area contributed by atoms with E-state index in [1.807, 2.05) is 0 Å². The lowest BCUT2D eigenvalue weighted by molar-refractivity contribution is -0.137. The van der Waals surface area contributed by atoms with Gasteiger partial charge in [-0.05, 0) is 18.3 Å². The van der Waals surface area contributed by atoms with Crippen molar-refractivity contribution in [1.29, 1.82) is 0 Å². The highest BCUT2D eigenvalue weighted by Gasteiger charge is 2.32. The fraction of sp³-hybridized carbons (Fsp3) is 0.385. The fourth-order valence-corrected chi connectivity index (χ4v) is 2.57. The van der Waals surface area contributed by atoms with Crippen molar-refractivity contribution in [2.75, 3.05) is 11.9 Å². The zero-order valence-electron chi connectivity index (χ0n) is 12.8. The van der Waals surface area contributed by atoms with Crippen LogP contribution in [0.2, 0.25) is 5.02 Å². The standard InChI is InChI=1S/C13H12ClF3N6OS/c1-23-11(20-21-12(23)25)9-3-7(24-22-9)5-19-10-8(14)2-6(4-18-10)13(15,16)17/h2,4,7H,3,5H2,1H3,(H,18,19)(H,21,25)/t7-/m0/s1. The van der Waals surface area contributed by atoms with E-state index in [1.54, 1.807) is 11.6 Å². The average molecular weight is 393 g/mol. The maximum atomic E-state index is 12.6. The molecule has 3 rings (SSSR count). The molecular formula is C13H12ClF3N6OS. The SMILES string of the molecule is Cn1c(C2=NO[C@H](CNc3ncc(C(F)(F)F)cc3Cl)C2)n[nH]c1=S. The molecule has 3 heterocycles. The van der Waals surface area contributed by atoms with Crippen LogP contribution in [0.1, 0.15) is 17.8 Å². The summed E-state index contributed by atoms with van der Waals surface area (Å²) >= 11 is 10.9. The first kappa shape index (κ1) is 17.7. The van der Waals surface area contributed by atoms with Crippen LogP contribution in [-0.2, 0) is 18.1 Å². The molecule has 0 radical (unpaired) electrons. The topological polar surface area (TPSA) is 80.1 Å². The van der Waals surface area contributed by atoms with Gasteiger partial charge >= 0.3 is 6.18 Å². The van der Waals surface area contributed by atoms with Gasteiger partial charge in [-0.2, -0.15) is 18.3 Å². The van der Waals surface area contributed by atoms with Gasteiger partial charge in [-0.1, -0.05) is 16.8 Å². The minimum absolute atomic E-state index is 0.122. The number of hydrogen-bond acceptors (Lipinski definition) is 6. The molecule has 1 atom stereocenters. The molecule has 25 heavy (non-hydrogen) atoms.